The van der Waals surface area contributed by atoms with Crippen LogP contribution >= 0.6 is 0 Å². The normalized spacial score (nSPS) is 22.9. The van der Waals surface area contributed by atoms with Crippen molar-refractivity contribution in [3.8, 4) is 0 Å². The van der Waals surface area contributed by atoms with E-state index in [0.717, 1.165) is 17.4 Å². The van der Waals surface area contributed by atoms with Gasteiger partial charge in [0, 0.05) is 25.4 Å². The van der Waals surface area contributed by atoms with Crippen molar-refractivity contribution < 1.29 is 9.21 Å². The van der Waals surface area contributed by atoms with E-state index in [0.29, 0.717) is 24.8 Å². The van der Waals surface area contributed by atoms with Crippen LogP contribution in [0.5, 0.6) is 0 Å². The van der Waals surface area contributed by atoms with Gasteiger partial charge in [-0.25, -0.2) is 0 Å². The van der Waals surface area contributed by atoms with Crippen LogP contribution in [0.4, 0.5) is 0 Å². The number of nitrogens with two attached hydrogens (primary N) is 1. The third-order valence-electron chi connectivity index (χ3n) is 4.24. The summed E-state index contributed by atoms with van der Waals surface area (Å²) in [5.41, 5.74) is 5.95. The van der Waals surface area contributed by atoms with E-state index in [-0.39, 0.29) is 11.9 Å². The number of carbonyl (C=O) groups is 1. The van der Waals surface area contributed by atoms with Crippen LogP contribution in [0.1, 0.15) is 51.1 Å². The van der Waals surface area contributed by atoms with Gasteiger partial charge in [0.05, 0.1) is 6.54 Å². The average Bonchev–Trinajstić information content (AvgIpc) is 2.93. The van der Waals surface area contributed by atoms with Gasteiger partial charge in [-0.1, -0.05) is 20.8 Å². The van der Waals surface area contributed by atoms with Gasteiger partial charge in [0.25, 0.3) is 0 Å². The highest BCUT2D eigenvalue weighted by Crippen LogP contribution is 2.47. The van der Waals surface area contributed by atoms with Crippen LogP contribution in [0.25, 0.3) is 0 Å². The second-order valence-corrected chi connectivity index (χ2v) is 6.49. The van der Waals surface area contributed by atoms with Gasteiger partial charge in [-0.2, -0.15) is 0 Å². The first-order valence-corrected chi connectivity index (χ1v) is 7.46. The molecule has 1 aromatic rings. The van der Waals surface area contributed by atoms with E-state index >= 15 is 0 Å². The summed E-state index contributed by atoms with van der Waals surface area (Å²) in [6, 6.07) is 3.94. The summed E-state index contributed by atoms with van der Waals surface area (Å²) in [6.45, 7) is 6.82. The second kappa shape index (κ2) is 6.00. The highest BCUT2D eigenvalue weighted by atomic mass is 16.3. The fourth-order valence-electron chi connectivity index (χ4n) is 2.31. The zero-order valence-electron chi connectivity index (χ0n) is 12.9. The molecule has 3 atom stereocenters. The number of amides is 1. The second-order valence-electron chi connectivity index (χ2n) is 6.49. The summed E-state index contributed by atoms with van der Waals surface area (Å²) in [5, 5.41) is 0. The predicted molar refractivity (Wildman–Crippen MR) is 79.1 cm³/mol. The van der Waals surface area contributed by atoms with Gasteiger partial charge < -0.3 is 15.1 Å². The maximum Gasteiger partial charge on any atom is 0.224 e. The molecular weight excluding hydrogens is 252 g/mol. The van der Waals surface area contributed by atoms with Crippen LogP contribution < -0.4 is 5.73 Å². The molecule has 0 saturated heterocycles. The van der Waals surface area contributed by atoms with Crippen LogP contribution in [0, 0.1) is 11.8 Å². The molecule has 2 N–H and O–H groups in total. The molecule has 3 unspecified atom stereocenters. The van der Waals surface area contributed by atoms with Gasteiger partial charge in [0.1, 0.15) is 11.5 Å². The first kappa shape index (κ1) is 15.1. The number of carbonyl (C=O) groups excluding carboxylic acids is 1. The molecule has 1 aliphatic rings. The Balaban J connectivity index is 1.85. The Morgan fingerprint density at radius 2 is 2.15 bits per heavy atom. The summed E-state index contributed by atoms with van der Waals surface area (Å²) in [7, 11) is 1.80. The molecule has 4 heteroatoms. The molecule has 112 valence electrons. The summed E-state index contributed by atoms with van der Waals surface area (Å²) < 4.78 is 5.83. The standard InChI is InChI=1S/C16H26N2O2/c1-10(2)14(17)8-16(19)18(4)9-12-5-6-15(20-12)13-7-11(13)3/h5-6,10-11,13-14H,7-9,17H2,1-4H3. The largest absolute Gasteiger partial charge is 0.464 e. The minimum Gasteiger partial charge on any atom is -0.464 e. The zero-order chi connectivity index (χ0) is 14.9. The Morgan fingerprint density at radius 1 is 1.50 bits per heavy atom. The molecule has 0 radical (unpaired) electrons. The maximum absolute atomic E-state index is 12.1. The lowest BCUT2D eigenvalue weighted by atomic mass is 10.0. The van der Waals surface area contributed by atoms with E-state index in [9.17, 15) is 4.79 Å². The molecule has 1 aliphatic carbocycles. The number of nitrogens with zero attached hydrogens (tertiary/aromatic N) is 1. The maximum atomic E-state index is 12.1. The quantitative estimate of drug-likeness (QED) is 0.870. The van der Waals surface area contributed by atoms with Gasteiger partial charge >= 0.3 is 0 Å². The number of furan rings is 1. The van der Waals surface area contributed by atoms with Crippen molar-refractivity contribution in [2.24, 2.45) is 17.6 Å². The molecule has 0 spiro atoms. The fraction of sp³-hybridized carbons (Fsp3) is 0.688. The Kier molecular flexibility index (Phi) is 4.53. The zero-order valence-corrected chi connectivity index (χ0v) is 12.9. The van der Waals surface area contributed by atoms with Crippen LogP contribution in [-0.4, -0.2) is 23.9 Å². The van der Waals surface area contributed by atoms with E-state index in [1.54, 1.807) is 11.9 Å². The predicted octanol–water partition coefficient (Wildman–Crippen LogP) is 2.73. The van der Waals surface area contributed by atoms with Crippen molar-refractivity contribution in [1.29, 1.82) is 0 Å². The van der Waals surface area contributed by atoms with Crippen LogP contribution in [-0.2, 0) is 11.3 Å². The van der Waals surface area contributed by atoms with Gasteiger partial charge in [0.15, 0.2) is 0 Å². The first-order chi connectivity index (χ1) is 9.38. The molecule has 1 aromatic heterocycles. The van der Waals surface area contributed by atoms with Gasteiger partial charge in [-0.05, 0) is 30.4 Å². The Labute approximate surface area is 121 Å². The SMILES string of the molecule is CC(C)C(N)CC(=O)N(C)Cc1ccc(C2CC2C)o1. The topological polar surface area (TPSA) is 59.5 Å². The van der Waals surface area contributed by atoms with Crippen LogP contribution in [0.15, 0.2) is 16.5 Å². The van der Waals surface area contributed by atoms with Gasteiger partial charge in [-0.15, -0.1) is 0 Å². The van der Waals surface area contributed by atoms with Crippen LogP contribution in [0.2, 0.25) is 0 Å². The average molecular weight is 278 g/mol. The number of rotatable bonds is 6. The molecule has 1 saturated carbocycles. The van der Waals surface area contributed by atoms with E-state index in [1.807, 2.05) is 26.0 Å². The molecular formula is C16H26N2O2. The van der Waals surface area contributed by atoms with Crippen molar-refractivity contribution >= 4 is 5.91 Å². The van der Waals surface area contributed by atoms with Crippen molar-refractivity contribution in [3.63, 3.8) is 0 Å². The molecule has 0 aliphatic heterocycles. The molecule has 20 heavy (non-hydrogen) atoms. The lowest BCUT2D eigenvalue weighted by molar-refractivity contribution is -0.131. The monoisotopic (exact) mass is 278 g/mol. The highest BCUT2D eigenvalue weighted by molar-refractivity contribution is 5.76. The summed E-state index contributed by atoms with van der Waals surface area (Å²) in [5.74, 6) is 3.62. The molecule has 1 heterocycles. The van der Waals surface area contributed by atoms with E-state index in [4.69, 9.17) is 10.2 Å². The Hall–Kier alpha value is -1.29. The van der Waals surface area contributed by atoms with Gasteiger partial charge in [0.2, 0.25) is 5.91 Å². The van der Waals surface area contributed by atoms with E-state index in [2.05, 4.69) is 6.92 Å². The molecule has 0 aromatic carbocycles. The number of hydrogen-bond acceptors (Lipinski definition) is 3. The van der Waals surface area contributed by atoms with Crippen molar-refractivity contribution in [1.82, 2.24) is 4.90 Å². The smallest absolute Gasteiger partial charge is 0.224 e. The van der Waals surface area contributed by atoms with Crippen molar-refractivity contribution in [2.45, 2.75) is 52.1 Å². The third-order valence-corrected chi connectivity index (χ3v) is 4.24. The lowest BCUT2D eigenvalue weighted by Gasteiger charge is -2.20. The molecule has 4 nitrogen and oxygen atoms in total. The minimum atomic E-state index is -0.0792. The summed E-state index contributed by atoms with van der Waals surface area (Å²) >= 11 is 0. The summed E-state index contributed by atoms with van der Waals surface area (Å²) in [6.07, 6.45) is 1.60. The fourth-order valence-corrected chi connectivity index (χ4v) is 2.31. The Bertz CT molecular complexity index is 467. The van der Waals surface area contributed by atoms with Crippen LogP contribution in [0.3, 0.4) is 0 Å². The summed E-state index contributed by atoms with van der Waals surface area (Å²) in [4.78, 5) is 13.8. The lowest BCUT2D eigenvalue weighted by Crippen LogP contribution is -2.35. The van der Waals surface area contributed by atoms with E-state index < -0.39 is 0 Å². The molecule has 0 bridgehead atoms. The first-order valence-electron chi connectivity index (χ1n) is 7.46. The minimum absolute atomic E-state index is 0.0731. The van der Waals surface area contributed by atoms with Crippen molar-refractivity contribution in [3.05, 3.63) is 23.7 Å². The van der Waals surface area contributed by atoms with E-state index in [1.165, 1.54) is 6.42 Å². The Morgan fingerprint density at radius 3 is 2.70 bits per heavy atom. The highest BCUT2D eigenvalue weighted by Gasteiger charge is 2.36. The number of hydrogen-bond donors (Lipinski definition) is 1. The molecule has 1 amide bonds. The molecule has 1 fully saturated rings. The molecule has 2 rings (SSSR count). The van der Waals surface area contributed by atoms with Crippen molar-refractivity contribution in [2.75, 3.05) is 7.05 Å². The third kappa shape index (κ3) is 3.63. The van der Waals surface area contributed by atoms with Gasteiger partial charge in [-0.3, -0.25) is 4.79 Å².